The summed E-state index contributed by atoms with van der Waals surface area (Å²) in [5.41, 5.74) is 13.3. The van der Waals surface area contributed by atoms with Crippen LogP contribution in [0.2, 0.25) is 0 Å². The third-order valence-corrected chi connectivity index (χ3v) is 14.5. The molecule has 3 aromatic carbocycles. The van der Waals surface area contributed by atoms with Gasteiger partial charge in [0.25, 0.3) is 0 Å². The van der Waals surface area contributed by atoms with Gasteiger partial charge in [0.05, 0.1) is 38.2 Å². The molecule has 1 saturated carbocycles. The number of aliphatic imine (C=N–C) groups is 1. The van der Waals surface area contributed by atoms with Crippen molar-refractivity contribution in [3.63, 3.8) is 0 Å². The lowest BCUT2D eigenvalue weighted by molar-refractivity contribution is -0.135. The molecule has 1 aromatic heterocycles. The number of nitrogens with one attached hydrogen (secondary N) is 3. The number of rotatable bonds is 12. The monoisotopic (exact) mass is 879 g/mol. The highest BCUT2D eigenvalue weighted by Crippen LogP contribution is 2.58. The van der Waals surface area contributed by atoms with Crippen LogP contribution in [0.25, 0.3) is 39.1 Å². The number of likely N-dealkylation sites (tertiary alicyclic amines) is 2. The molecule has 0 spiro atoms. The first-order valence-corrected chi connectivity index (χ1v) is 23.4. The number of imidazole rings is 1. The molecule has 4 heterocycles. The fraction of sp³-hybridized carbons (Fsp3) is 0.462. The van der Waals surface area contributed by atoms with E-state index >= 15 is 0 Å². The van der Waals surface area contributed by atoms with Crippen molar-refractivity contribution in [3.8, 4) is 33.5 Å². The van der Waals surface area contributed by atoms with Gasteiger partial charge in [-0.3, -0.25) is 14.6 Å². The second-order valence-electron chi connectivity index (χ2n) is 19.1. The number of hydrogen-bond acceptors (Lipinski definition) is 8. The highest BCUT2D eigenvalue weighted by atomic mass is 16.5. The highest BCUT2D eigenvalue weighted by Gasteiger charge is 2.42. The molecule has 2 saturated heterocycles. The topological polar surface area (TPSA) is 158 Å². The van der Waals surface area contributed by atoms with Gasteiger partial charge in [-0.1, -0.05) is 88.4 Å². The van der Waals surface area contributed by atoms with Gasteiger partial charge in [0.2, 0.25) is 11.8 Å². The van der Waals surface area contributed by atoms with Gasteiger partial charge in [0.15, 0.2) is 0 Å². The molecular weight excluding hydrogens is 819 g/mol. The van der Waals surface area contributed by atoms with E-state index in [0.717, 1.165) is 59.6 Å². The van der Waals surface area contributed by atoms with Gasteiger partial charge in [-0.2, -0.15) is 0 Å². The summed E-state index contributed by atoms with van der Waals surface area (Å²) in [6.45, 7) is 8.95. The number of alkyl carbamates (subject to hydrolysis) is 2. The van der Waals surface area contributed by atoms with Crippen LogP contribution in [0.5, 0.6) is 0 Å². The molecule has 3 N–H and O–H groups in total. The Morgan fingerprint density at radius 3 is 1.68 bits per heavy atom. The van der Waals surface area contributed by atoms with Crippen molar-refractivity contribution >= 4 is 35.3 Å². The van der Waals surface area contributed by atoms with Gasteiger partial charge >= 0.3 is 12.2 Å². The maximum Gasteiger partial charge on any atom is 0.407 e. The first-order chi connectivity index (χ1) is 31.4. The number of carbonyl (C=O) groups is 4. The third kappa shape index (κ3) is 8.45. The van der Waals surface area contributed by atoms with E-state index in [1.807, 2.05) is 49.9 Å². The Hall–Kier alpha value is -6.24. The molecule has 65 heavy (non-hydrogen) atoms. The lowest BCUT2D eigenvalue weighted by Gasteiger charge is -2.31. The number of methoxy groups -OCH3 is 2. The quantitative estimate of drug-likeness (QED) is 0.128. The number of aromatic amines is 1. The van der Waals surface area contributed by atoms with E-state index in [2.05, 4.69) is 76.3 Å². The molecule has 4 amide bonds. The zero-order valence-corrected chi connectivity index (χ0v) is 38.4. The van der Waals surface area contributed by atoms with Gasteiger partial charge in [0.1, 0.15) is 17.9 Å². The normalized spacial score (nSPS) is 21.9. The van der Waals surface area contributed by atoms with E-state index in [9.17, 15) is 19.2 Å². The number of amides is 4. The van der Waals surface area contributed by atoms with E-state index < -0.39 is 24.3 Å². The van der Waals surface area contributed by atoms with Gasteiger partial charge in [-0.05, 0) is 119 Å². The summed E-state index contributed by atoms with van der Waals surface area (Å²) in [7, 11) is 2.62. The Labute approximate surface area is 381 Å². The summed E-state index contributed by atoms with van der Waals surface area (Å²) in [5, 5.41) is 5.47. The van der Waals surface area contributed by atoms with E-state index in [4.69, 9.17) is 19.5 Å². The highest BCUT2D eigenvalue weighted by molar-refractivity contribution is 6.04. The number of benzene rings is 3. The first kappa shape index (κ1) is 44.0. The Morgan fingerprint density at radius 1 is 0.662 bits per heavy atom. The number of aromatic nitrogens is 2. The summed E-state index contributed by atoms with van der Waals surface area (Å²) in [5.74, 6) is 1.48. The van der Waals surface area contributed by atoms with Crippen LogP contribution in [0.4, 0.5) is 9.59 Å². The zero-order valence-electron chi connectivity index (χ0n) is 38.4. The molecule has 13 nitrogen and oxygen atoms in total. The molecule has 2 unspecified atom stereocenters. The molecule has 2 aliphatic carbocycles. The van der Waals surface area contributed by atoms with Gasteiger partial charge in [-0.25, -0.2) is 14.6 Å². The van der Waals surface area contributed by atoms with Crippen LogP contribution >= 0.6 is 0 Å². The first-order valence-electron chi connectivity index (χ1n) is 23.4. The van der Waals surface area contributed by atoms with Crippen molar-refractivity contribution in [2.24, 2.45) is 16.8 Å². The van der Waals surface area contributed by atoms with E-state index in [-0.39, 0.29) is 35.7 Å². The average molecular weight is 880 g/mol. The molecule has 2 bridgehead atoms. The summed E-state index contributed by atoms with van der Waals surface area (Å²) >= 11 is 0. The minimum absolute atomic E-state index is 0.0800. The van der Waals surface area contributed by atoms with Crippen LogP contribution in [0.1, 0.15) is 119 Å². The molecule has 9 rings (SSSR count). The van der Waals surface area contributed by atoms with E-state index in [1.165, 1.54) is 66.9 Å². The summed E-state index contributed by atoms with van der Waals surface area (Å²) < 4.78 is 9.60. The van der Waals surface area contributed by atoms with Crippen LogP contribution in [-0.2, 0) is 19.1 Å². The average Bonchev–Trinajstić information content (AvgIpc) is 4.19. The molecule has 4 aromatic rings. The lowest BCUT2D eigenvalue weighted by Crippen LogP contribution is -2.53. The maximum absolute atomic E-state index is 13.7. The Kier molecular flexibility index (Phi) is 12.4. The van der Waals surface area contributed by atoms with Crippen LogP contribution < -0.4 is 10.6 Å². The summed E-state index contributed by atoms with van der Waals surface area (Å²) in [4.78, 5) is 68.4. The Morgan fingerprint density at radius 2 is 1.15 bits per heavy atom. The number of H-pyrrole nitrogens is 1. The molecule has 340 valence electrons. The van der Waals surface area contributed by atoms with Gasteiger partial charge in [-0.15, -0.1) is 0 Å². The van der Waals surface area contributed by atoms with Crippen molar-refractivity contribution in [2.45, 2.75) is 115 Å². The van der Waals surface area contributed by atoms with E-state index in [1.54, 1.807) is 0 Å². The Bertz CT molecular complexity index is 2520. The lowest BCUT2D eigenvalue weighted by atomic mass is 9.81. The van der Waals surface area contributed by atoms with Crippen molar-refractivity contribution in [1.29, 1.82) is 0 Å². The second kappa shape index (κ2) is 18.3. The standard InChI is InChI=1S/C52H61N7O6/c1-29(2)46(56-51(62)64-5)49(60)58-23-7-9-42(58)40-26-37(27-53-40)31-11-13-32(14-12-31)38-21-22-39(45-36-20-19-35(25-36)44(38)45)33-15-17-34(18-16-33)41-28-54-48(55-41)43-10-8-24-59(43)50(61)47(30(3)4)57-52(63)65-6/h11-18,21-22,27-30,35-36,42-43,46-47H,7-10,19-20,23-26H2,1-6H3,(H,54,55)(H,56,62)(H,57,63)/t35?,36?,42-,43-,46-,47-/m0/s1. The number of fused-ring (bicyclic) bond motifs is 5. The fourth-order valence-corrected chi connectivity index (χ4v) is 11.1. The second-order valence-corrected chi connectivity index (χ2v) is 19.1. The molecule has 3 aliphatic heterocycles. The van der Waals surface area contributed by atoms with Crippen LogP contribution in [0.15, 0.2) is 78.1 Å². The van der Waals surface area contributed by atoms with Crippen LogP contribution in [0, 0.1) is 11.8 Å². The smallest absolute Gasteiger partial charge is 0.407 e. The molecule has 5 aliphatic rings. The molecule has 0 radical (unpaired) electrons. The molecule has 6 atom stereocenters. The third-order valence-electron chi connectivity index (χ3n) is 14.5. The van der Waals surface area contributed by atoms with Crippen molar-refractivity contribution in [2.75, 3.05) is 27.3 Å². The van der Waals surface area contributed by atoms with Crippen molar-refractivity contribution in [3.05, 3.63) is 95.6 Å². The zero-order chi connectivity index (χ0) is 45.5. The number of hydrogen-bond donors (Lipinski definition) is 3. The van der Waals surface area contributed by atoms with Crippen molar-refractivity contribution in [1.82, 2.24) is 30.4 Å². The number of allylic oxidation sites excluding steroid dienone is 1. The largest absolute Gasteiger partial charge is 0.453 e. The number of nitrogens with zero attached hydrogens (tertiary/aromatic N) is 4. The number of ether oxygens (including phenoxy) is 2. The predicted molar refractivity (Wildman–Crippen MR) is 251 cm³/mol. The van der Waals surface area contributed by atoms with Crippen LogP contribution in [-0.4, -0.2) is 94.9 Å². The Balaban J connectivity index is 0.887. The number of carbonyl (C=O) groups excluding carboxylic acids is 4. The summed E-state index contributed by atoms with van der Waals surface area (Å²) in [6, 6.07) is 20.7. The molecular formula is C52H61N7O6. The predicted octanol–water partition coefficient (Wildman–Crippen LogP) is 9.38. The van der Waals surface area contributed by atoms with Crippen LogP contribution in [0.3, 0.4) is 0 Å². The minimum atomic E-state index is -0.680. The summed E-state index contributed by atoms with van der Waals surface area (Å²) in [6.07, 6.45) is 10.4. The maximum atomic E-state index is 13.7. The van der Waals surface area contributed by atoms with Gasteiger partial charge in [0, 0.05) is 31.4 Å². The molecule has 13 heteroatoms. The van der Waals surface area contributed by atoms with Crippen molar-refractivity contribution < 1.29 is 28.7 Å². The van der Waals surface area contributed by atoms with E-state index in [0.29, 0.717) is 31.3 Å². The fourth-order valence-electron chi connectivity index (χ4n) is 11.1. The SMILES string of the molecule is COC(=O)N[C@H](C(=O)N1CCC[C@H]1C1=NC=C(c2ccc(-c3ccc(-c4ccc(-c5cnc([C@@H]6CCCN6C(=O)[C@@H](NC(=O)OC)C(C)C)[nH]5)cc4)c4c3C3CCC4C3)cc2)C1)C(C)C. The molecule has 3 fully saturated rings. The minimum Gasteiger partial charge on any atom is -0.453 e. The van der Waals surface area contributed by atoms with Gasteiger partial charge < -0.3 is 34.9 Å².